The van der Waals surface area contributed by atoms with Gasteiger partial charge in [0, 0.05) is 56.8 Å². The highest BCUT2D eigenvalue weighted by Crippen LogP contribution is 2.25. The summed E-state index contributed by atoms with van der Waals surface area (Å²) in [6, 6.07) is 8.63. The fourth-order valence-electron chi connectivity index (χ4n) is 4.46. The summed E-state index contributed by atoms with van der Waals surface area (Å²) in [7, 11) is 2.18. The zero-order valence-electron chi connectivity index (χ0n) is 19.7. The monoisotopic (exact) mass is 470 g/mol. The summed E-state index contributed by atoms with van der Waals surface area (Å²) >= 11 is 1.57. The molecule has 1 amide bonds. The summed E-state index contributed by atoms with van der Waals surface area (Å²) in [5, 5.41) is 2.91. The van der Waals surface area contributed by atoms with Crippen molar-refractivity contribution in [2.45, 2.75) is 32.7 Å². The first kappa shape index (κ1) is 23.9. The number of esters is 1. The molecule has 0 saturated carbocycles. The Morgan fingerprint density at radius 2 is 1.88 bits per heavy atom. The van der Waals surface area contributed by atoms with Crippen molar-refractivity contribution >= 4 is 23.2 Å². The van der Waals surface area contributed by atoms with E-state index in [1.54, 1.807) is 16.2 Å². The second-order valence-electron chi connectivity index (χ2n) is 9.03. The van der Waals surface area contributed by atoms with E-state index in [4.69, 9.17) is 9.72 Å². The Balaban J connectivity index is 1.31. The number of thiazole rings is 1. The summed E-state index contributed by atoms with van der Waals surface area (Å²) in [6.07, 6.45) is 1.89. The van der Waals surface area contributed by atoms with Crippen LogP contribution in [-0.4, -0.2) is 84.5 Å². The largest absolute Gasteiger partial charge is 0.466 e. The Labute approximate surface area is 200 Å². The third-order valence-electron chi connectivity index (χ3n) is 6.48. The van der Waals surface area contributed by atoms with Crippen molar-refractivity contribution in [1.29, 1.82) is 0 Å². The Bertz CT molecular complexity index is 937. The SMILES string of the molecule is CCOC(=O)C1CCCN(C(=O)Cc2csc(-c3ccc(CN4CCN(C)CC4)cc3)n2)C1. The maximum Gasteiger partial charge on any atom is 0.310 e. The standard InChI is InChI=1S/C25H34N4O3S/c1-3-32-25(31)21-5-4-10-29(17-21)23(30)15-22-18-33-24(26-22)20-8-6-19(7-9-20)16-28-13-11-27(2)12-14-28/h6-9,18,21H,3-5,10-17H2,1-2H3. The summed E-state index contributed by atoms with van der Waals surface area (Å²) in [6.45, 7) is 8.78. The minimum atomic E-state index is -0.210. The van der Waals surface area contributed by atoms with E-state index in [9.17, 15) is 9.59 Å². The van der Waals surface area contributed by atoms with Crippen LogP contribution in [0.5, 0.6) is 0 Å². The van der Waals surface area contributed by atoms with Crippen molar-refractivity contribution in [3.05, 3.63) is 40.9 Å². The lowest BCUT2D eigenvalue weighted by Gasteiger charge is -2.32. The number of hydrogen-bond acceptors (Lipinski definition) is 7. The van der Waals surface area contributed by atoms with Gasteiger partial charge in [-0.1, -0.05) is 24.3 Å². The number of ether oxygens (including phenoxy) is 1. The zero-order valence-corrected chi connectivity index (χ0v) is 20.5. The molecule has 178 valence electrons. The highest BCUT2D eigenvalue weighted by atomic mass is 32.1. The van der Waals surface area contributed by atoms with Crippen LogP contribution in [0.4, 0.5) is 0 Å². The average molecular weight is 471 g/mol. The lowest BCUT2D eigenvalue weighted by molar-refractivity contribution is -0.151. The third-order valence-corrected chi connectivity index (χ3v) is 7.42. The maximum absolute atomic E-state index is 12.8. The van der Waals surface area contributed by atoms with E-state index in [0.717, 1.165) is 61.8 Å². The van der Waals surface area contributed by atoms with E-state index in [2.05, 4.69) is 41.1 Å². The molecule has 0 bridgehead atoms. The number of piperidine rings is 1. The van der Waals surface area contributed by atoms with Gasteiger partial charge in [-0.25, -0.2) is 4.98 Å². The second kappa shape index (κ2) is 11.2. The highest BCUT2D eigenvalue weighted by Gasteiger charge is 2.29. The summed E-state index contributed by atoms with van der Waals surface area (Å²) in [4.78, 5) is 36.3. The fraction of sp³-hybridized carbons (Fsp3) is 0.560. The van der Waals surface area contributed by atoms with Gasteiger partial charge in [-0.05, 0) is 32.4 Å². The van der Waals surface area contributed by atoms with Crippen molar-refractivity contribution in [2.75, 3.05) is 52.9 Å². The third kappa shape index (κ3) is 6.40. The lowest BCUT2D eigenvalue weighted by atomic mass is 9.98. The van der Waals surface area contributed by atoms with Gasteiger partial charge in [0.15, 0.2) is 0 Å². The molecule has 0 aliphatic carbocycles. The molecule has 2 aliphatic heterocycles. The predicted octanol–water partition coefficient (Wildman–Crippen LogP) is 2.90. The molecule has 2 aliphatic rings. The minimum absolute atomic E-state index is 0.0309. The summed E-state index contributed by atoms with van der Waals surface area (Å²) in [5.41, 5.74) is 3.19. The zero-order chi connectivity index (χ0) is 23.2. The van der Waals surface area contributed by atoms with E-state index in [-0.39, 0.29) is 24.2 Å². The van der Waals surface area contributed by atoms with E-state index in [0.29, 0.717) is 19.7 Å². The van der Waals surface area contributed by atoms with Crippen LogP contribution < -0.4 is 0 Å². The predicted molar refractivity (Wildman–Crippen MR) is 130 cm³/mol. The van der Waals surface area contributed by atoms with Crippen molar-refractivity contribution in [1.82, 2.24) is 19.7 Å². The second-order valence-corrected chi connectivity index (χ2v) is 9.89. The molecule has 2 aromatic rings. The van der Waals surface area contributed by atoms with Crippen molar-refractivity contribution in [3.63, 3.8) is 0 Å². The van der Waals surface area contributed by atoms with Crippen molar-refractivity contribution < 1.29 is 14.3 Å². The molecule has 4 rings (SSSR count). The number of nitrogens with zero attached hydrogens (tertiary/aromatic N) is 4. The molecule has 0 spiro atoms. The molecular weight excluding hydrogens is 436 g/mol. The summed E-state index contributed by atoms with van der Waals surface area (Å²) in [5.74, 6) is -0.372. The van der Waals surface area contributed by atoms with Crippen LogP contribution in [-0.2, 0) is 27.3 Å². The molecule has 0 N–H and O–H groups in total. The van der Waals surface area contributed by atoms with Gasteiger partial charge in [0.05, 0.1) is 24.6 Å². The van der Waals surface area contributed by atoms with Crippen LogP contribution in [0.2, 0.25) is 0 Å². The molecule has 1 atom stereocenters. The van der Waals surface area contributed by atoms with Gasteiger partial charge in [0.2, 0.25) is 5.91 Å². The molecule has 2 saturated heterocycles. The van der Waals surface area contributed by atoms with Crippen LogP contribution in [0.3, 0.4) is 0 Å². The molecule has 1 aromatic heterocycles. The number of carbonyl (C=O) groups excluding carboxylic acids is 2. The van der Waals surface area contributed by atoms with E-state index in [1.165, 1.54) is 5.56 Å². The Hall–Kier alpha value is -2.29. The molecule has 8 heteroatoms. The summed E-state index contributed by atoms with van der Waals surface area (Å²) < 4.78 is 5.14. The van der Waals surface area contributed by atoms with Crippen LogP contribution in [0.1, 0.15) is 31.0 Å². The highest BCUT2D eigenvalue weighted by molar-refractivity contribution is 7.13. The number of aromatic nitrogens is 1. The molecule has 1 unspecified atom stereocenters. The maximum atomic E-state index is 12.8. The lowest BCUT2D eigenvalue weighted by Crippen LogP contribution is -2.43. The number of hydrogen-bond donors (Lipinski definition) is 0. The number of carbonyl (C=O) groups is 2. The number of rotatable bonds is 7. The quantitative estimate of drug-likeness (QED) is 0.580. The normalized spacial score (nSPS) is 20.1. The number of benzene rings is 1. The first-order chi connectivity index (χ1) is 16.0. The van der Waals surface area contributed by atoms with Gasteiger partial charge in [0.1, 0.15) is 5.01 Å². The number of likely N-dealkylation sites (N-methyl/N-ethyl adjacent to an activating group) is 1. The van der Waals surface area contributed by atoms with Gasteiger partial charge >= 0.3 is 5.97 Å². The molecule has 7 nitrogen and oxygen atoms in total. The van der Waals surface area contributed by atoms with Gasteiger partial charge in [-0.3, -0.25) is 14.5 Å². The molecule has 1 aromatic carbocycles. The van der Waals surface area contributed by atoms with Crippen LogP contribution in [0.25, 0.3) is 10.6 Å². The molecule has 2 fully saturated rings. The average Bonchev–Trinajstić information content (AvgIpc) is 3.30. The molecule has 0 radical (unpaired) electrons. The minimum Gasteiger partial charge on any atom is -0.466 e. The fourth-order valence-corrected chi connectivity index (χ4v) is 5.29. The van der Waals surface area contributed by atoms with E-state index < -0.39 is 0 Å². The number of piperazine rings is 1. The van der Waals surface area contributed by atoms with E-state index in [1.807, 2.05) is 12.3 Å². The van der Waals surface area contributed by atoms with Crippen molar-refractivity contribution in [3.8, 4) is 10.6 Å². The molecular formula is C25H34N4O3S. The molecule has 3 heterocycles. The van der Waals surface area contributed by atoms with Gasteiger partial charge in [0.25, 0.3) is 0 Å². The first-order valence-corrected chi connectivity index (χ1v) is 12.8. The Morgan fingerprint density at radius 1 is 1.12 bits per heavy atom. The van der Waals surface area contributed by atoms with Crippen molar-refractivity contribution in [2.24, 2.45) is 5.92 Å². The first-order valence-electron chi connectivity index (χ1n) is 11.9. The van der Waals surface area contributed by atoms with Gasteiger partial charge in [-0.2, -0.15) is 0 Å². The van der Waals surface area contributed by atoms with Crippen LogP contribution in [0, 0.1) is 5.92 Å². The number of amides is 1. The van der Waals surface area contributed by atoms with Crippen LogP contribution >= 0.6 is 11.3 Å². The topological polar surface area (TPSA) is 66.0 Å². The van der Waals surface area contributed by atoms with Gasteiger partial charge < -0.3 is 14.5 Å². The van der Waals surface area contributed by atoms with Crippen LogP contribution in [0.15, 0.2) is 29.6 Å². The molecule has 33 heavy (non-hydrogen) atoms. The Morgan fingerprint density at radius 3 is 2.61 bits per heavy atom. The van der Waals surface area contributed by atoms with Gasteiger partial charge in [-0.15, -0.1) is 11.3 Å². The van der Waals surface area contributed by atoms with E-state index >= 15 is 0 Å². The Kier molecular flexibility index (Phi) is 8.11. The smallest absolute Gasteiger partial charge is 0.310 e. The number of likely N-dealkylation sites (tertiary alicyclic amines) is 1.